The zero-order valence-corrected chi connectivity index (χ0v) is 19.7. The van der Waals surface area contributed by atoms with Crippen LogP contribution in [0.4, 0.5) is 16.2 Å². The molecular formula is C25H25N5O6. The molecule has 0 bridgehead atoms. The number of fused-ring (bicyclic) bond motifs is 2. The van der Waals surface area contributed by atoms with Gasteiger partial charge in [0.1, 0.15) is 17.6 Å². The first-order valence-corrected chi connectivity index (χ1v) is 11.8. The van der Waals surface area contributed by atoms with Crippen molar-refractivity contribution in [3.8, 4) is 11.5 Å². The lowest BCUT2D eigenvalue weighted by atomic mass is 9.99. The van der Waals surface area contributed by atoms with Gasteiger partial charge in [0.15, 0.2) is 6.61 Å². The fraction of sp³-hybridized carbons (Fsp3) is 0.360. The minimum Gasteiger partial charge on any atom is -0.497 e. The van der Waals surface area contributed by atoms with Crippen LogP contribution in [-0.4, -0.2) is 72.5 Å². The molecule has 6 rings (SSSR count). The van der Waals surface area contributed by atoms with Gasteiger partial charge in [-0.15, -0.1) is 0 Å². The average molecular weight is 492 g/mol. The first kappa shape index (κ1) is 22.4. The van der Waals surface area contributed by atoms with Crippen LogP contribution in [0.2, 0.25) is 0 Å². The van der Waals surface area contributed by atoms with Gasteiger partial charge >= 0.3 is 6.09 Å². The standard InChI is InChI=1S/C25H25N5O6/c1-34-17-3-4-19-21(7-17)30(24(32)8-26-19)11-15-9-28(10-15)12-18-13-29(25(33)36-18)16-2-5-22-20(6-16)27-23(31)14-35-22/h2-8,15,18H,9-14H2,1H3,(H,27,31). The Balaban J connectivity index is 1.07. The summed E-state index contributed by atoms with van der Waals surface area (Å²) in [7, 11) is 1.60. The molecule has 11 heteroatoms. The lowest BCUT2D eigenvalue weighted by Crippen LogP contribution is -2.52. The van der Waals surface area contributed by atoms with Crippen molar-refractivity contribution in [3.63, 3.8) is 0 Å². The second kappa shape index (κ2) is 8.83. The van der Waals surface area contributed by atoms with Crippen LogP contribution in [0.1, 0.15) is 0 Å². The van der Waals surface area contributed by atoms with Gasteiger partial charge in [-0.3, -0.25) is 19.4 Å². The second-order valence-electron chi connectivity index (χ2n) is 9.28. The molecule has 36 heavy (non-hydrogen) atoms. The van der Waals surface area contributed by atoms with Crippen molar-refractivity contribution in [1.82, 2.24) is 14.5 Å². The molecule has 2 amide bonds. The van der Waals surface area contributed by atoms with E-state index in [9.17, 15) is 14.4 Å². The number of benzene rings is 2. The smallest absolute Gasteiger partial charge is 0.414 e. The summed E-state index contributed by atoms with van der Waals surface area (Å²) in [6, 6.07) is 10.8. The number of anilines is 2. The average Bonchev–Trinajstić information content (AvgIpc) is 3.23. The predicted molar refractivity (Wildman–Crippen MR) is 131 cm³/mol. The molecule has 3 aliphatic rings. The molecule has 0 spiro atoms. The largest absolute Gasteiger partial charge is 0.497 e. The SMILES string of the molecule is COc1ccc2ncc(=O)n(CC3CN(CC4CN(c5ccc6c(c5)NC(=O)CO6)C(=O)O4)C3)c2c1. The molecule has 2 fully saturated rings. The molecule has 3 aliphatic heterocycles. The molecule has 3 aromatic rings. The fourth-order valence-electron chi connectivity index (χ4n) is 5.01. The van der Waals surface area contributed by atoms with Gasteiger partial charge in [-0.25, -0.2) is 9.78 Å². The highest BCUT2D eigenvalue weighted by atomic mass is 16.6. The number of methoxy groups -OCH3 is 1. The first-order chi connectivity index (χ1) is 17.5. The van der Waals surface area contributed by atoms with Crippen molar-refractivity contribution >= 4 is 34.4 Å². The third-order valence-corrected chi connectivity index (χ3v) is 6.77. The summed E-state index contributed by atoms with van der Waals surface area (Å²) >= 11 is 0. The topological polar surface area (TPSA) is 115 Å². The highest BCUT2D eigenvalue weighted by molar-refractivity contribution is 5.97. The molecule has 4 heterocycles. The number of hydrogen-bond acceptors (Lipinski definition) is 8. The molecule has 186 valence electrons. The van der Waals surface area contributed by atoms with Crippen LogP contribution in [0.5, 0.6) is 11.5 Å². The summed E-state index contributed by atoms with van der Waals surface area (Å²) in [5.41, 5.74) is 2.56. The molecule has 1 unspecified atom stereocenters. The maximum absolute atomic E-state index is 12.5. The maximum atomic E-state index is 12.5. The summed E-state index contributed by atoms with van der Waals surface area (Å²) in [6.45, 7) is 3.20. The lowest BCUT2D eigenvalue weighted by Gasteiger charge is -2.40. The van der Waals surface area contributed by atoms with Crippen LogP contribution in [-0.2, 0) is 16.1 Å². The van der Waals surface area contributed by atoms with E-state index in [-0.39, 0.29) is 24.2 Å². The molecule has 2 saturated heterocycles. The number of carbonyl (C=O) groups is 2. The summed E-state index contributed by atoms with van der Waals surface area (Å²) < 4.78 is 18.1. The lowest BCUT2D eigenvalue weighted by molar-refractivity contribution is -0.118. The number of carbonyl (C=O) groups excluding carboxylic acids is 2. The van der Waals surface area contributed by atoms with E-state index in [4.69, 9.17) is 14.2 Å². The van der Waals surface area contributed by atoms with Gasteiger partial charge < -0.3 is 24.1 Å². The van der Waals surface area contributed by atoms with Crippen molar-refractivity contribution < 1.29 is 23.8 Å². The number of amides is 2. The quantitative estimate of drug-likeness (QED) is 0.554. The minimum atomic E-state index is -0.413. The molecule has 1 N–H and O–H groups in total. The number of likely N-dealkylation sites (tertiary alicyclic amines) is 1. The van der Waals surface area contributed by atoms with Gasteiger partial charge in [-0.1, -0.05) is 0 Å². The number of cyclic esters (lactones) is 1. The van der Waals surface area contributed by atoms with E-state index in [0.29, 0.717) is 48.4 Å². The Morgan fingerprint density at radius 1 is 1.08 bits per heavy atom. The van der Waals surface area contributed by atoms with Gasteiger partial charge in [-0.2, -0.15) is 0 Å². The number of nitrogens with one attached hydrogen (secondary N) is 1. The Labute approximate surface area is 206 Å². The van der Waals surface area contributed by atoms with Crippen LogP contribution < -0.4 is 25.2 Å². The Morgan fingerprint density at radius 3 is 2.78 bits per heavy atom. The van der Waals surface area contributed by atoms with Crippen LogP contribution in [0.15, 0.2) is 47.4 Å². The van der Waals surface area contributed by atoms with Gasteiger partial charge in [0.05, 0.1) is 36.6 Å². The van der Waals surface area contributed by atoms with E-state index in [1.165, 1.54) is 6.20 Å². The highest BCUT2D eigenvalue weighted by Crippen LogP contribution is 2.34. The molecule has 0 saturated carbocycles. The Morgan fingerprint density at radius 2 is 1.94 bits per heavy atom. The van der Waals surface area contributed by atoms with Crippen molar-refractivity contribution in [3.05, 3.63) is 52.9 Å². The van der Waals surface area contributed by atoms with E-state index in [1.54, 1.807) is 34.8 Å². The normalized spacial score (nSPS) is 19.9. The Hall–Kier alpha value is -4.12. The zero-order valence-electron chi connectivity index (χ0n) is 19.7. The Kier molecular flexibility index (Phi) is 5.48. The van der Waals surface area contributed by atoms with E-state index in [0.717, 1.165) is 24.1 Å². The summed E-state index contributed by atoms with van der Waals surface area (Å²) in [5.74, 6) is 1.33. The maximum Gasteiger partial charge on any atom is 0.414 e. The van der Waals surface area contributed by atoms with Gasteiger partial charge in [0, 0.05) is 43.9 Å². The minimum absolute atomic E-state index is 0.0166. The van der Waals surface area contributed by atoms with Gasteiger partial charge in [0.2, 0.25) is 0 Å². The fourth-order valence-corrected chi connectivity index (χ4v) is 5.01. The van der Waals surface area contributed by atoms with Crippen LogP contribution in [0.25, 0.3) is 11.0 Å². The van der Waals surface area contributed by atoms with Crippen molar-refractivity contribution in [2.45, 2.75) is 12.6 Å². The molecular weight excluding hydrogens is 466 g/mol. The number of ether oxygens (including phenoxy) is 3. The summed E-state index contributed by atoms with van der Waals surface area (Å²) in [4.78, 5) is 44.7. The third kappa shape index (κ3) is 4.11. The second-order valence-corrected chi connectivity index (χ2v) is 9.28. The molecule has 11 nitrogen and oxygen atoms in total. The number of hydrogen-bond donors (Lipinski definition) is 1. The van der Waals surface area contributed by atoms with Crippen LogP contribution >= 0.6 is 0 Å². The van der Waals surface area contributed by atoms with Gasteiger partial charge in [-0.05, 0) is 30.3 Å². The van der Waals surface area contributed by atoms with Crippen LogP contribution in [0, 0.1) is 5.92 Å². The van der Waals surface area contributed by atoms with E-state index in [1.807, 2.05) is 18.2 Å². The molecule has 1 atom stereocenters. The number of aromatic nitrogens is 2. The molecule has 0 radical (unpaired) electrons. The summed E-state index contributed by atoms with van der Waals surface area (Å²) in [5, 5.41) is 2.76. The van der Waals surface area contributed by atoms with E-state index < -0.39 is 6.09 Å². The monoisotopic (exact) mass is 491 g/mol. The van der Waals surface area contributed by atoms with E-state index in [2.05, 4.69) is 15.2 Å². The number of rotatable bonds is 6. The molecule has 1 aromatic heterocycles. The Bertz CT molecular complexity index is 1420. The van der Waals surface area contributed by atoms with Crippen LogP contribution in [0.3, 0.4) is 0 Å². The van der Waals surface area contributed by atoms with Gasteiger partial charge in [0.25, 0.3) is 11.5 Å². The van der Waals surface area contributed by atoms with Crippen molar-refractivity contribution in [2.24, 2.45) is 5.92 Å². The zero-order chi connectivity index (χ0) is 24.8. The first-order valence-electron chi connectivity index (χ1n) is 11.8. The predicted octanol–water partition coefficient (Wildman–Crippen LogP) is 1.69. The number of nitrogens with zero attached hydrogens (tertiary/aromatic N) is 4. The van der Waals surface area contributed by atoms with Crippen molar-refractivity contribution in [1.29, 1.82) is 0 Å². The third-order valence-electron chi connectivity index (χ3n) is 6.77. The summed E-state index contributed by atoms with van der Waals surface area (Å²) in [6.07, 6.45) is 0.675. The molecule has 0 aliphatic carbocycles. The molecule has 2 aromatic carbocycles. The van der Waals surface area contributed by atoms with Crippen molar-refractivity contribution in [2.75, 3.05) is 50.1 Å². The van der Waals surface area contributed by atoms with E-state index >= 15 is 0 Å². The highest BCUT2D eigenvalue weighted by Gasteiger charge is 2.37.